The third-order valence-corrected chi connectivity index (χ3v) is 4.78. The van der Waals surface area contributed by atoms with Gasteiger partial charge in [-0.25, -0.2) is 4.79 Å². The molecule has 1 aromatic carbocycles. The third kappa shape index (κ3) is 4.10. The quantitative estimate of drug-likeness (QED) is 0.678. The van der Waals surface area contributed by atoms with Crippen molar-refractivity contribution in [3.63, 3.8) is 0 Å². The number of hydrogen-bond acceptors (Lipinski definition) is 5. The van der Waals surface area contributed by atoms with Crippen molar-refractivity contribution in [2.75, 3.05) is 18.4 Å². The molecule has 0 spiro atoms. The molecule has 1 saturated heterocycles. The van der Waals surface area contributed by atoms with Crippen LogP contribution in [0.2, 0.25) is 0 Å². The summed E-state index contributed by atoms with van der Waals surface area (Å²) in [6, 6.07) is 7.77. The van der Waals surface area contributed by atoms with E-state index in [0.717, 1.165) is 6.07 Å². The Morgan fingerprint density at radius 3 is 2.55 bits per heavy atom. The Balaban J connectivity index is 1.37. The summed E-state index contributed by atoms with van der Waals surface area (Å²) < 4.78 is 50.1. The lowest BCUT2D eigenvalue weighted by molar-refractivity contribution is -0.136. The second kappa shape index (κ2) is 7.61. The van der Waals surface area contributed by atoms with Gasteiger partial charge in [0, 0.05) is 19.0 Å². The van der Waals surface area contributed by atoms with Gasteiger partial charge in [0.05, 0.1) is 17.5 Å². The van der Waals surface area contributed by atoms with E-state index in [1.165, 1.54) is 29.4 Å². The van der Waals surface area contributed by atoms with Crippen LogP contribution < -0.4 is 5.32 Å². The van der Waals surface area contributed by atoms with Crippen LogP contribution >= 0.6 is 0 Å². The summed E-state index contributed by atoms with van der Waals surface area (Å²) in [4.78, 5) is 13.9. The first-order chi connectivity index (χ1) is 13.9. The van der Waals surface area contributed by atoms with E-state index in [1.54, 1.807) is 12.1 Å². The summed E-state index contributed by atoms with van der Waals surface area (Å²) in [5, 5.41) is 10.4. The first-order valence-electron chi connectivity index (χ1n) is 9.01. The summed E-state index contributed by atoms with van der Waals surface area (Å²) in [6.45, 7) is 0.728. The number of nitrogens with zero attached hydrogens (tertiary/aromatic N) is 3. The standard InChI is InChI=1S/C19H17F3N4O3/c20-19(21,22)13-4-1-2-5-14(13)23-18(27)26-9-7-12(8-10-26)16-24-25-17(29-16)15-6-3-11-28-15/h1-6,11-12H,7-10H2,(H,23,27). The molecule has 152 valence electrons. The van der Waals surface area contributed by atoms with E-state index in [0.29, 0.717) is 37.6 Å². The summed E-state index contributed by atoms with van der Waals surface area (Å²) in [5.41, 5.74) is -1.13. The van der Waals surface area contributed by atoms with Crippen LogP contribution in [0.25, 0.3) is 11.7 Å². The molecule has 0 atom stereocenters. The van der Waals surface area contributed by atoms with Crippen LogP contribution in [-0.4, -0.2) is 34.2 Å². The number of carbonyl (C=O) groups excluding carboxylic acids is 1. The van der Waals surface area contributed by atoms with Crippen LogP contribution in [0.5, 0.6) is 0 Å². The van der Waals surface area contributed by atoms with Gasteiger partial charge in [-0.1, -0.05) is 12.1 Å². The zero-order valence-electron chi connectivity index (χ0n) is 15.1. The van der Waals surface area contributed by atoms with Gasteiger partial charge in [0.1, 0.15) is 0 Å². The fourth-order valence-corrected chi connectivity index (χ4v) is 3.26. The van der Waals surface area contributed by atoms with E-state index in [1.807, 2.05) is 0 Å². The largest absolute Gasteiger partial charge is 0.459 e. The minimum atomic E-state index is -4.54. The number of nitrogens with one attached hydrogen (secondary N) is 1. The number of carbonyl (C=O) groups is 1. The molecule has 1 fully saturated rings. The van der Waals surface area contributed by atoms with Crippen LogP contribution in [0.1, 0.15) is 30.2 Å². The first kappa shape index (κ1) is 19.0. The van der Waals surface area contributed by atoms with E-state index in [2.05, 4.69) is 15.5 Å². The van der Waals surface area contributed by atoms with Crippen molar-refractivity contribution in [1.29, 1.82) is 0 Å². The smallest absolute Gasteiger partial charge is 0.418 e. The van der Waals surface area contributed by atoms with Crippen LogP contribution in [0.3, 0.4) is 0 Å². The zero-order chi connectivity index (χ0) is 20.4. The SMILES string of the molecule is O=C(Nc1ccccc1C(F)(F)F)N1CCC(c2nnc(-c3ccco3)o2)CC1. The molecule has 7 nitrogen and oxygen atoms in total. The predicted octanol–water partition coefficient (Wildman–Crippen LogP) is 4.76. The molecular formula is C19H17F3N4O3. The molecule has 29 heavy (non-hydrogen) atoms. The van der Waals surface area contributed by atoms with Gasteiger partial charge >= 0.3 is 12.2 Å². The highest BCUT2D eigenvalue weighted by Gasteiger charge is 2.34. The number of para-hydroxylation sites is 1. The molecule has 0 saturated carbocycles. The highest BCUT2D eigenvalue weighted by atomic mass is 19.4. The van der Waals surface area contributed by atoms with Gasteiger partial charge in [0.15, 0.2) is 5.76 Å². The fraction of sp³-hybridized carbons (Fsp3) is 0.316. The predicted molar refractivity (Wildman–Crippen MR) is 96.0 cm³/mol. The monoisotopic (exact) mass is 406 g/mol. The normalized spacial score (nSPS) is 15.5. The van der Waals surface area contributed by atoms with Crippen molar-refractivity contribution in [2.45, 2.75) is 24.9 Å². The highest BCUT2D eigenvalue weighted by molar-refractivity contribution is 5.90. The molecule has 0 radical (unpaired) electrons. The average molecular weight is 406 g/mol. The molecule has 0 unspecified atom stereocenters. The van der Waals surface area contributed by atoms with Crippen molar-refractivity contribution in [3.05, 3.63) is 54.1 Å². The van der Waals surface area contributed by atoms with Crippen molar-refractivity contribution in [3.8, 4) is 11.7 Å². The minimum absolute atomic E-state index is 0.0299. The summed E-state index contributed by atoms with van der Waals surface area (Å²) >= 11 is 0. The number of hydrogen-bond donors (Lipinski definition) is 1. The molecular weight excluding hydrogens is 389 g/mol. The number of piperidine rings is 1. The summed E-state index contributed by atoms with van der Waals surface area (Å²) in [6.07, 6.45) is -1.91. The van der Waals surface area contributed by atoms with Gasteiger partial charge in [-0.2, -0.15) is 13.2 Å². The summed E-state index contributed by atoms with van der Waals surface area (Å²) in [5.74, 6) is 1.19. The number of likely N-dealkylation sites (tertiary alicyclic amines) is 1. The van der Waals surface area contributed by atoms with E-state index >= 15 is 0 Å². The molecule has 3 aromatic rings. The van der Waals surface area contributed by atoms with Crippen LogP contribution in [-0.2, 0) is 6.18 Å². The molecule has 2 amide bonds. The maximum atomic E-state index is 13.1. The lowest BCUT2D eigenvalue weighted by Crippen LogP contribution is -2.40. The number of halogens is 3. The van der Waals surface area contributed by atoms with Gasteiger partial charge in [0.25, 0.3) is 5.89 Å². The number of alkyl halides is 3. The number of rotatable bonds is 3. The van der Waals surface area contributed by atoms with Crippen molar-refractivity contribution in [1.82, 2.24) is 15.1 Å². The summed E-state index contributed by atoms with van der Waals surface area (Å²) in [7, 11) is 0. The third-order valence-electron chi connectivity index (χ3n) is 4.78. The molecule has 2 aromatic heterocycles. The van der Waals surface area contributed by atoms with E-state index in [9.17, 15) is 18.0 Å². The topological polar surface area (TPSA) is 84.4 Å². The molecule has 3 heterocycles. The second-order valence-electron chi connectivity index (χ2n) is 6.66. The lowest BCUT2D eigenvalue weighted by Gasteiger charge is -2.30. The van der Waals surface area contributed by atoms with Gasteiger partial charge < -0.3 is 19.1 Å². The Morgan fingerprint density at radius 2 is 1.86 bits per heavy atom. The average Bonchev–Trinajstić information content (AvgIpc) is 3.39. The fourth-order valence-electron chi connectivity index (χ4n) is 3.26. The molecule has 1 N–H and O–H groups in total. The second-order valence-corrected chi connectivity index (χ2v) is 6.66. The number of furan rings is 1. The molecule has 0 aliphatic carbocycles. The molecule has 10 heteroatoms. The van der Waals surface area contributed by atoms with E-state index in [4.69, 9.17) is 8.83 Å². The van der Waals surface area contributed by atoms with Crippen molar-refractivity contribution >= 4 is 11.7 Å². The van der Waals surface area contributed by atoms with Crippen LogP contribution in [0, 0.1) is 0 Å². The Bertz CT molecular complexity index is 977. The Hall–Kier alpha value is -3.30. The highest BCUT2D eigenvalue weighted by Crippen LogP contribution is 2.35. The first-order valence-corrected chi connectivity index (χ1v) is 9.01. The van der Waals surface area contributed by atoms with Gasteiger partial charge in [-0.05, 0) is 37.1 Å². The van der Waals surface area contributed by atoms with Gasteiger partial charge in [-0.15, -0.1) is 10.2 Å². The number of urea groups is 1. The van der Waals surface area contributed by atoms with Crippen molar-refractivity contribution < 1.29 is 26.8 Å². The van der Waals surface area contributed by atoms with E-state index < -0.39 is 17.8 Å². The van der Waals surface area contributed by atoms with Gasteiger partial charge in [0.2, 0.25) is 5.89 Å². The number of aromatic nitrogens is 2. The zero-order valence-corrected chi connectivity index (χ0v) is 15.1. The minimum Gasteiger partial charge on any atom is -0.459 e. The molecule has 0 bridgehead atoms. The van der Waals surface area contributed by atoms with Crippen LogP contribution in [0.15, 0.2) is 51.5 Å². The maximum Gasteiger partial charge on any atom is 0.418 e. The Labute approximate surface area is 163 Å². The Kier molecular flexibility index (Phi) is 4.99. The number of amides is 2. The van der Waals surface area contributed by atoms with Gasteiger partial charge in [-0.3, -0.25) is 0 Å². The lowest BCUT2D eigenvalue weighted by atomic mass is 9.97. The van der Waals surface area contributed by atoms with E-state index in [-0.39, 0.29) is 17.5 Å². The number of anilines is 1. The molecule has 4 rings (SSSR count). The molecule has 1 aliphatic heterocycles. The van der Waals surface area contributed by atoms with Crippen LogP contribution in [0.4, 0.5) is 23.7 Å². The number of benzene rings is 1. The molecule has 1 aliphatic rings. The Morgan fingerprint density at radius 1 is 1.10 bits per heavy atom. The van der Waals surface area contributed by atoms with Crippen molar-refractivity contribution in [2.24, 2.45) is 0 Å². The maximum absolute atomic E-state index is 13.1.